The maximum Gasteiger partial charge on any atom is 0.223 e. The fourth-order valence-corrected chi connectivity index (χ4v) is 2.00. The van der Waals surface area contributed by atoms with E-state index >= 15 is 0 Å². The van der Waals surface area contributed by atoms with Crippen molar-refractivity contribution in [3.63, 3.8) is 0 Å². The van der Waals surface area contributed by atoms with Gasteiger partial charge in [0.05, 0.1) is 0 Å². The van der Waals surface area contributed by atoms with Crippen molar-refractivity contribution in [3.8, 4) is 0 Å². The Kier molecular flexibility index (Phi) is 3.46. The second-order valence-corrected chi connectivity index (χ2v) is 5.14. The Morgan fingerprint density at radius 2 is 2.06 bits per heavy atom. The van der Waals surface area contributed by atoms with Crippen LogP contribution in [0.2, 0.25) is 0 Å². The molecule has 0 spiro atoms. The van der Waals surface area contributed by atoms with Gasteiger partial charge in [0.25, 0.3) is 0 Å². The normalized spacial score (nSPS) is 22.6. The first-order valence-corrected chi connectivity index (χ1v) is 6.11. The number of benzene rings is 1. The molecule has 1 aromatic carbocycles. The molecule has 1 amide bonds. The molecule has 2 unspecified atom stereocenters. The molecule has 2 atom stereocenters. The molecule has 0 bridgehead atoms. The van der Waals surface area contributed by atoms with E-state index in [0.717, 1.165) is 18.5 Å². The van der Waals surface area contributed by atoms with Crippen LogP contribution in [0.25, 0.3) is 0 Å². The molecule has 0 radical (unpaired) electrons. The van der Waals surface area contributed by atoms with E-state index in [-0.39, 0.29) is 23.6 Å². The fourth-order valence-electron chi connectivity index (χ4n) is 2.00. The third kappa shape index (κ3) is 3.05. The molecule has 0 saturated heterocycles. The molecule has 1 fully saturated rings. The molecule has 1 N–H and O–H groups in total. The molecular weight excluding hydrogens is 217 g/mol. The van der Waals surface area contributed by atoms with Crippen molar-refractivity contribution in [1.82, 2.24) is 5.32 Å². The van der Waals surface area contributed by atoms with Crippen molar-refractivity contribution in [2.45, 2.75) is 26.2 Å². The Morgan fingerprint density at radius 3 is 2.65 bits per heavy atom. The summed E-state index contributed by atoms with van der Waals surface area (Å²) in [5.41, 5.74) is 1.07. The summed E-state index contributed by atoms with van der Waals surface area (Å²) in [5, 5.41) is 2.94. The summed E-state index contributed by atoms with van der Waals surface area (Å²) in [7, 11) is 0. The molecular formula is C14H18FNO. The summed E-state index contributed by atoms with van der Waals surface area (Å²) < 4.78 is 12.8. The van der Waals surface area contributed by atoms with E-state index in [1.165, 1.54) is 12.1 Å². The number of rotatable bonds is 4. The van der Waals surface area contributed by atoms with Gasteiger partial charge in [0, 0.05) is 12.5 Å². The van der Waals surface area contributed by atoms with Crippen LogP contribution < -0.4 is 5.32 Å². The number of carbonyl (C=O) groups excluding carboxylic acids is 1. The third-order valence-electron chi connectivity index (χ3n) is 3.11. The minimum Gasteiger partial charge on any atom is -0.356 e. The molecule has 0 aromatic heterocycles. The molecule has 0 aliphatic heterocycles. The average Bonchev–Trinajstić information content (AvgIpc) is 3.07. The van der Waals surface area contributed by atoms with Crippen LogP contribution in [0.3, 0.4) is 0 Å². The first-order chi connectivity index (χ1) is 8.08. The van der Waals surface area contributed by atoms with Gasteiger partial charge >= 0.3 is 0 Å². The molecule has 1 aromatic rings. The van der Waals surface area contributed by atoms with Gasteiger partial charge < -0.3 is 5.32 Å². The van der Waals surface area contributed by atoms with Crippen molar-refractivity contribution in [2.24, 2.45) is 11.8 Å². The molecule has 2 nitrogen and oxygen atoms in total. The lowest BCUT2D eigenvalue weighted by Gasteiger charge is -2.07. The zero-order chi connectivity index (χ0) is 12.4. The summed E-state index contributed by atoms with van der Waals surface area (Å²) in [6, 6.07) is 6.46. The number of amides is 1. The van der Waals surface area contributed by atoms with E-state index in [2.05, 4.69) is 19.2 Å². The van der Waals surface area contributed by atoms with E-state index in [9.17, 15) is 9.18 Å². The average molecular weight is 235 g/mol. The Morgan fingerprint density at radius 1 is 1.41 bits per heavy atom. The lowest BCUT2D eigenvalue weighted by Crippen LogP contribution is -2.28. The zero-order valence-electron chi connectivity index (χ0n) is 10.2. The van der Waals surface area contributed by atoms with Crippen molar-refractivity contribution < 1.29 is 9.18 Å². The van der Waals surface area contributed by atoms with Crippen LogP contribution in [0.15, 0.2) is 24.3 Å². The fraction of sp³-hybridized carbons (Fsp3) is 0.500. The molecule has 3 heteroatoms. The van der Waals surface area contributed by atoms with Crippen molar-refractivity contribution in [2.75, 3.05) is 6.54 Å². The van der Waals surface area contributed by atoms with Gasteiger partial charge in [-0.2, -0.15) is 0 Å². The van der Waals surface area contributed by atoms with Gasteiger partial charge in [-0.1, -0.05) is 26.0 Å². The molecule has 1 saturated carbocycles. The van der Waals surface area contributed by atoms with Crippen LogP contribution in [0, 0.1) is 17.7 Å². The Bertz CT molecular complexity index is 399. The predicted molar refractivity (Wildman–Crippen MR) is 65.1 cm³/mol. The second kappa shape index (κ2) is 4.86. The molecule has 17 heavy (non-hydrogen) atoms. The highest BCUT2D eigenvalue weighted by molar-refractivity contribution is 5.82. The summed E-state index contributed by atoms with van der Waals surface area (Å²) in [4.78, 5) is 11.8. The highest BCUT2D eigenvalue weighted by Crippen LogP contribution is 2.47. The molecule has 1 aliphatic rings. The van der Waals surface area contributed by atoms with E-state index in [1.807, 2.05) is 0 Å². The highest BCUT2D eigenvalue weighted by atomic mass is 19.1. The van der Waals surface area contributed by atoms with Crippen LogP contribution in [0.5, 0.6) is 0 Å². The van der Waals surface area contributed by atoms with E-state index in [1.54, 1.807) is 12.1 Å². The van der Waals surface area contributed by atoms with Crippen molar-refractivity contribution in [3.05, 3.63) is 35.6 Å². The van der Waals surface area contributed by atoms with Gasteiger partial charge in [-0.05, 0) is 36.0 Å². The summed E-state index contributed by atoms with van der Waals surface area (Å²) in [5.74, 6) is 0.743. The second-order valence-electron chi connectivity index (χ2n) is 5.14. The number of carbonyl (C=O) groups is 1. The molecule has 0 heterocycles. The summed E-state index contributed by atoms with van der Waals surface area (Å²) in [6.07, 6.45) is 0.884. The molecule has 2 rings (SSSR count). The maximum atomic E-state index is 12.8. The van der Waals surface area contributed by atoms with Gasteiger partial charge in [0.2, 0.25) is 5.91 Å². The SMILES string of the molecule is CC(C)CNC(=O)C1CC1c1ccc(F)cc1. The topological polar surface area (TPSA) is 29.1 Å². The van der Waals surface area contributed by atoms with Gasteiger partial charge in [-0.3, -0.25) is 4.79 Å². The first-order valence-electron chi connectivity index (χ1n) is 6.11. The molecule has 92 valence electrons. The quantitative estimate of drug-likeness (QED) is 0.854. The van der Waals surface area contributed by atoms with E-state index in [0.29, 0.717) is 5.92 Å². The highest BCUT2D eigenvalue weighted by Gasteiger charge is 2.43. The van der Waals surface area contributed by atoms with Crippen LogP contribution in [0.1, 0.15) is 31.7 Å². The number of hydrogen-bond acceptors (Lipinski definition) is 1. The monoisotopic (exact) mass is 235 g/mol. The van der Waals surface area contributed by atoms with Crippen LogP contribution >= 0.6 is 0 Å². The Labute approximate surface area is 101 Å². The van der Waals surface area contributed by atoms with Gasteiger partial charge in [0.15, 0.2) is 0 Å². The standard InChI is InChI=1S/C14H18FNO/c1-9(2)8-16-14(17)13-7-12(13)10-3-5-11(15)6-4-10/h3-6,9,12-13H,7-8H2,1-2H3,(H,16,17). The van der Waals surface area contributed by atoms with E-state index in [4.69, 9.17) is 0 Å². The number of halogens is 1. The van der Waals surface area contributed by atoms with Gasteiger partial charge in [0.1, 0.15) is 5.82 Å². The van der Waals surface area contributed by atoms with Crippen LogP contribution in [0.4, 0.5) is 4.39 Å². The molecule has 1 aliphatic carbocycles. The number of nitrogens with one attached hydrogen (secondary N) is 1. The largest absolute Gasteiger partial charge is 0.356 e. The predicted octanol–water partition coefficient (Wildman–Crippen LogP) is 2.70. The lowest BCUT2D eigenvalue weighted by molar-refractivity contribution is -0.122. The van der Waals surface area contributed by atoms with Gasteiger partial charge in [-0.25, -0.2) is 4.39 Å². The summed E-state index contributed by atoms with van der Waals surface area (Å²) >= 11 is 0. The lowest BCUT2D eigenvalue weighted by atomic mass is 10.1. The minimum absolute atomic E-state index is 0.0826. The minimum atomic E-state index is -0.227. The van der Waals surface area contributed by atoms with Gasteiger partial charge in [-0.15, -0.1) is 0 Å². The summed E-state index contributed by atoms with van der Waals surface area (Å²) in [6.45, 7) is 4.88. The van der Waals surface area contributed by atoms with Crippen molar-refractivity contribution >= 4 is 5.91 Å². The smallest absolute Gasteiger partial charge is 0.223 e. The van der Waals surface area contributed by atoms with E-state index < -0.39 is 0 Å². The third-order valence-corrected chi connectivity index (χ3v) is 3.11. The van der Waals surface area contributed by atoms with Crippen LogP contribution in [-0.2, 0) is 4.79 Å². The van der Waals surface area contributed by atoms with Crippen LogP contribution in [-0.4, -0.2) is 12.5 Å². The zero-order valence-corrected chi connectivity index (χ0v) is 10.2. The maximum absolute atomic E-state index is 12.8. The first kappa shape index (κ1) is 12.1. The number of hydrogen-bond donors (Lipinski definition) is 1. The van der Waals surface area contributed by atoms with Crippen molar-refractivity contribution in [1.29, 1.82) is 0 Å². The Hall–Kier alpha value is -1.38. The Balaban J connectivity index is 1.87.